The fraction of sp³-hybridized carbons (Fsp3) is 0.360. The molecule has 0 aliphatic carbocycles. The van der Waals surface area contributed by atoms with Crippen molar-refractivity contribution in [3.63, 3.8) is 0 Å². The molecule has 35 heavy (non-hydrogen) atoms. The molecule has 0 radical (unpaired) electrons. The van der Waals surface area contributed by atoms with Crippen molar-refractivity contribution in [3.8, 4) is 11.5 Å². The third-order valence-corrected chi connectivity index (χ3v) is 7.46. The summed E-state index contributed by atoms with van der Waals surface area (Å²) < 4.78 is 17.3. The highest BCUT2D eigenvalue weighted by Crippen LogP contribution is 2.35. The van der Waals surface area contributed by atoms with Crippen LogP contribution in [-0.2, 0) is 9.53 Å². The zero-order chi connectivity index (χ0) is 23.5. The molecule has 3 aromatic rings. The minimum Gasteiger partial charge on any atom is -0.454 e. The number of hydrogen-bond donors (Lipinski definition) is 0. The highest BCUT2D eigenvalue weighted by Gasteiger charge is 2.20. The number of halogens is 2. The van der Waals surface area contributed by atoms with Gasteiger partial charge in [-0.25, -0.2) is 4.98 Å². The Hall–Kier alpha value is -2.36. The molecule has 2 aliphatic rings. The maximum atomic E-state index is 13.4. The number of anilines is 1. The van der Waals surface area contributed by atoms with Crippen LogP contribution in [0.1, 0.15) is 17.5 Å². The standard InChI is InChI=1S/C25H26ClN3O4S.ClH/c1-17-19(26)5-7-22-24(17)27-25(34-22)29(10-2-9-28-11-13-31-14-12-28)23(30)8-4-18-3-6-20-21(15-18)33-16-32-20;/h3-8,15H,2,9-14,16H2,1H3;1H/b8-4+;. The second kappa shape index (κ2) is 11.6. The van der Waals surface area contributed by atoms with Gasteiger partial charge in [0, 0.05) is 37.3 Å². The molecule has 1 fully saturated rings. The number of aryl methyl sites for hydroxylation is 1. The van der Waals surface area contributed by atoms with Crippen LogP contribution in [0.3, 0.4) is 0 Å². The van der Waals surface area contributed by atoms with Gasteiger partial charge in [-0.2, -0.15) is 0 Å². The minimum atomic E-state index is -0.109. The van der Waals surface area contributed by atoms with Crippen molar-refractivity contribution in [2.24, 2.45) is 0 Å². The summed E-state index contributed by atoms with van der Waals surface area (Å²) in [6, 6.07) is 9.48. The molecule has 0 bridgehead atoms. The molecule has 5 rings (SSSR count). The first kappa shape index (κ1) is 25.7. The van der Waals surface area contributed by atoms with Gasteiger partial charge in [-0.1, -0.05) is 29.0 Å². The Morgan fingerprint density at radius 2 is 2.00 bits per heavy atom. The predicted octanol–water partition coefficient (Wildman–Crippen LogP) is 5.18. The molecule has 0 spiro atoms. The first-order valence-electron chi connectivity index (χ1n) is 11.3. The number of nitrogens with zero attached hydrogens (tertiary/aromatic N) is 3. The number of carbonyl (C=O) groups is 1. The van der Waals surface area contributed by atoms with Crippen molar-refractivity contribution in [3.05, 3.63) is 52.6 Å². The molecule has 1 amide bonds. The highest BCUT2D eigenvalue weighted by molar-refractivity contribution is 7.22. The Kier molecular flexibility index (Phi) is 8.51. The molecule has 3 heterocycles. The van der Waals surface area contributed by atoms with E-state index in [4.69, 9.17) is 30.8 Å². The summed E-state index contributed by atoms with van der Waals surface area (Å²) in [6.07, 6.45) is 4.24. The first-order valence-corrected chi connectivity index (χ1v) is 12.5. The Morgan fingerprint density at radius 3 is 2.83 bits per heavy atom. The van der Waals surface area contributed by atoms with Crippen molar-refractivity contribution >= 4 is 62.7 Å². The maximum absolute atomic E-state index is 13.4. The fourth-order valence-corrected chi connectivity index (χ4v) is 5.26. The number of amides is 1. The van der Waals surface area contributed by atoms with Crippen LogP contribution in [0.15, 0.2) is 36.4 Å². The zero-order valence-electron chi connectivity index (χ0n) is 19.4. The van der Waals surface area contributed by atoms with E-state index in [-0.39, 0.29) is 25.1 Å². The molecular formula is C25H27Cl2N3O4S. The lowest BCUT2D eigenvalue weighted by Gasteiger charge is -2.27. The normalized spacial score (nSPS) is 15.5. The molecule has 0 unspecified atom stereocenters. The number of benzene rings is 2. The van der Waals surface area contributed by atoms with E-state index >= 15 is 0 Å². The number of ether oxygens (including phenoxy) is 3. The number of rotatable bonds is 7. The summed E-state index contributed by atoms with van der Waals surface area (Å²) in [7, 11) is 0. The number of fused-ring (bicyclic) bond motifs is 2. The first-order chi connectivity index (χ1) is 16.6. The molecule has 0 saturated carbocycles. The molecule has 1 saturated heterocycles. The van der Waals surface area contributed by atoms with Gasteiger partial charge in [-0.3, -0.25) is 14.6 Å². The van der Waals surface area contributed by atoms with Crippen molar-refractivity contribution in [1.82, 2.24) is 9.88 Å². The van der Waals surface area contributed by atoms with Gasteiger partial charge in [0.15, 0.2) is 16.6 Å². The average molecular weight is 536 g/mol. The average Bonchev–Trinajstić information content (AvgIpc) is 3.50. The highest BCUT2D eigenvalue weighted by atomic mass is 35.5. The van der Waals surface area contributed by atoms with E-state index in [1.54, 1.807) is 17.1 Å². The van der Waals surface area contributed by atoms with Gasteiger partial charge < -0.3 is 14.2 Å². The summed E-state index contributed by atoms with van der Waals surface area (Å²) in [5, 5.41) is 1.36. The summed E-state index contributed by atoms with van der Waals surface area (Å²) in [6.45, 7) is 7.05. The molecule has 186 valence electrons. The third kappa shape index (κ3) is 5.90. The Bertz CT molecular complexity index is 1230. The minimum absolute atomic E-state index is 0. The van der Waals surface area contributed by atoms with Gasteiger partial charge in [0.05, 0.1) is 23.4 Å². The van der Waals surface area contributed by atoms with Crippen LogP contribution in [-0.4, -0.2) is 62.0 Å². The number of aromatic nitrogens is 1. The van der Waals surface area contributed by atoms with Gasteiger partial charge in [-0.05, 0) is 54.8 Å². The van der Waals surface area contributed by atoms with Crippen molar-refractivity contribution in [2.75, 3.05) is 51.1 Å². The quantitative estimate of drug-likeness (QED) is 0.388. The summed E-state index contributed by atoms with van der Waals surface area (Å²) >= 11 is 7.82. The summed E-state index contributed by atoms with van der Waals surface area (Å²) in [4.78, 5) is 22.3. The SMILES string of the molecule is Cc1c(Cl)ccc2sc(N(CCCN3CCOCC3)C(=O)/C=C/c3ccc4c(c3)OCO4)nc12.Cl. The van der Waals surface area contributed by atoms with Crippen molar-refractivity contribution in [2.45, 2.75) is 13.3 Å². The van der Waals surface area contributed by atoms with Crippen LogP contribution in [0.25, 0.3) is 16.3 Å². The number of thiazole rings is 1. The van der Waals surface area contributed by atoms with Crippen LogP contribution in [0.5, 0.6) is 11.5 Å². The monoisotopic (exact) mass is 535 g/mol. The van der Waals surface area contributed by atoms with E-state index in [0.29, 0.717) is 22.4 Å². The molecule has 1 aromatic heterocycles. The largest absolute Gasteiger partial charge is 0.454 e. The van der Waals surface area contributed by atoms with Crippen LogP contribution < -0.4 is 14.4 Å². The van der Waals surface area contributed by atoms with Gasteiger partial charge in [0.1, 0.15) is 0 Å². The van der Waals surface area contributed by atoms with E-state index in [1.165, 1.54) is 11.3 Å². The second-order valence-corrected chi connectivity index (χ2v) is 9.68. The lowest BCUT2D eigenvalue weighted by Crippen LogP contribution is -2.39. The fourth-order valence-electron chi connectivity index (χ4n) is 4.06. The van der Waals surface area contributed by atoms with E-state index in [2.05, 4.69) is 4.90 Å². The topological polar surface area (TPSA) is 64.1 Å². The van der Waals surface area contributed by atoms with E-state index < -0.39 is 0 Å². The lowest BCUT2D eigenvalue weighted by molar-refractivity contribution is -0.114. The van der Waals surface area contributed by atoms with E-state index in [1.807, 2.05) is 37.3 Å². The third-order valence-electron chi connectivity index (χ3n) is 6.01. The van der Waals surface area contributed by atoms with Crippen molar-refractivity contribution in [1.29, 1.82) is 0 Å². The van der Waals surface area contributed by atoms with Gasteiger partial charge in [0.25, 0.3) is 5.91 Å². The van der Waals surface area contributed by atoms with Crippen LogP contribution in [0, 0.1) is 6.92 Å². The number of carbonyl (C=O) groups excluding carboxylic acids is 1. The molecular weight excluding hydrogens is 509 g/mol. The molecule has 7 nitrogen and oxygen atoms in total. The van der Waals surface area contributed by atoms with Crippen LogP contribution >= 0.6 is 35.3 Å². The molecule has 2 aromatic carbocycles. The second-order valence-electron chi connectivity index (χ2n) is 8.26. The smallest absolute Gasteiger partial charge is 0.252 e. The Balaban J connectivity index is 0.00000289. The van der Waals surface area contributed by atoms with E-state index in [0.717, 1.165) is 66.4 Å². The van der Waals surface area contributed by atoms with Gasteiger partial charge >= 0.3 is 0 Å². The van der Waals surface area contributed by atoms with Crippen LogP contribution in [0.2, 0.25) is 5.02 Å². The van der Waals surface area contributed by atoms with Gasteiger partial charge in [-0.15, -0.1) is 12.4 Å². The van der Waals surface area contributed by atoms with Crippen molar-refractivity contribution < 1.29 is 19.0 Å². The molecule has 0 atom stereocenters. The lowest BCUT2D eigenvalue weighted by atomic mass is 10.2. The Morgan fingerprint density at radius 1 is 1.20 bits per heavy atom. The molecule has 10 heteroatoms. The zero-order valence-corrected chi connectivity index (χ0v) is 21.8. The van der Waals surface area contributed by atoms with E-state index in [9.17, 15) is 4.79 Å². The maximum Gasteiger partial charge on any atom is 0.252 e. The number of morpholine rings is 1. The molecule has 2 aliphatic heterocycles. The summed E-state index contributed by atoms with van der Waals surface area (Å²) in [5.74, 6) is 1.30. The molecule has 0 N–H and O–H groups in total. The van der Waals surface area contributed by atoms with Crippen LogP contribution in [0.4, 0.5) is 5.13 Å². The Labute approximate surface area is 219 Å². The predicted molar refractivity (Wildman–Crippen MR) is 142 cm³/mol. The number of hydrogen-bond acceptors (Lipinski definition) is 7. The van der Waals surface area contributed by atoms with Gasteiger partial charge in [0.2, 0.25) is 6.79 Å². The summed E-state index contributed by atoms with van der Waals surface area (Å²) in [5.41, 5.74) is 2.65.